The molecular weight excluding hydrogens is 322 g/mol. The van der Waals surface area contributed by atoms with Crippen LogP contribution < -0.4 is 11.2 Å². The van der Waals surface area contributed by atoms with Crippen LogP contribution in [0.25, 0.3) is 11.0 Å². The summed E-state index contributed by atoms with van der Waals surface area (Å²) in [5.41, 5.74) is 4.32. The van der Waals surface area contributed by atoms with Crippen molar-refractivity contribution in [2.24, 2.45) is 0 Å². The van der Waals surface area contributed by atoms with E-state index in [1.165, 1.54) is 0 Å². The third-order valence-electron chi connectivity index (χ3n) is 5.09. The number of imidazole rings is 1. The number of nitrogens with one attached hydrogen (secondary N) is 2. The Balaban J connectivity index is 1.50. The molecule has 2 N–H and O–H groups in total. The Morgan fingerprint density at radius 2 is 2.00 bits per heavy atom. The number of carbonyl (C=O) groups is 1. The molecule has 2 aliphatic rings. The Morgan fingerprint density at radius 3 is 2.76 bits per heavy atom. The smallest absolute Gasteiger partial charge is 0.326 e. The van der Waals surface area contributed by atoms with Crippen molar-refractivity contribution in [3.63, 3.8) is 0 Å². The number of nitrogens with zero attached hydrogens (tertiary/aromatic N) is 1. The molecule has 1 saturated carbocycles. The summed E-state index contributed by atoms with van der Waals surface area (Å²) in [4.78, 5) is 32.8. The lowest BCUT2D eigenvalue weighted by atomic mass is 10.1. The van der Waals surface area contributed by atoms with Crippen LogP contribution in [-0.2, 0) is 9.57 Å². The summed E-state index contributed by atoms with van der Waals surface area (Å²) in [6.45, 7) is 0.655. The Bertz CT molecular complexity index is 813. The average molecular weight is 345 g/mol. The minimum Gasteiger partial charge on any atom is -0.350 e. The number of amides is 1. The molecule has 1 unspecified atom stereocenters. The van der Waals surface area contributed by atoms with Gasteiger partial charge in [-0.15, -0.1) is 0 Å². The van der Waals surface area contributed by atoms with Crippen LogP contribution in [0.4, 0.5) is 0 Å². The lowest BCUT2D eigenvalue weighted by molar-refractivity contribution is -0.186. The molecule has 7 heteroatoms. The molecule has 1 aromatic heterocycles. The number of benzene rings is 1. The van der Waals surface area contributed by atoms with Gasteiger partial charge in [-0.05, 0) is 43.9 Å². The standard InChI is InChI=1S/C18H23N3O4/c22-17(20-25-16-7-3-4-10-24-16)12-8-9-15-14(11-12)19-18(23)21(15)13-5-1-2-6-13/h8-9,11,13,16H,1-7,10H2,(H,19,23)(H,20,22). The summed E-state index contributed by atoms with van der Waals surface area (Å²) in [6.07, 6.45) is 6.82. The van der Waals surface area contributed by atoms with Gasteiger partial charge < -0.3 is 9.72 Å². The summed E-state index contributed by atoms with van der Waals surface area (Å²) >= 11 is 0. The minimum absolute atomic E-state index is 0.105. The van der Waals surface area contributed by atoms with E-state index >= 15 is 0 Å². The second kappa shape index (κ2) is 7.01. The molecule has 0 spiro atoms. The van der Waals surface area contributed by atoms with Crippen molar-refractivity contribution in [1.82, 2.24) is 15.0 Å². The van der Waals surface area contributed by atoms with Gasteiger partial charge in [0.2, 0.25) is 0 Å². The molecule has 7 nitrogen and oxygen atoms in total. The molecule has 2 fully saturated rings. The number of H-pyrrole nitrogens is 1. The summed E-state index contributed by atoms with van der Waals surface area (Å²) in [5, 5.41) is 0. The van der Waals surface area contributed by atoms with Crippen molar-refractivity contribution in [3.05, 3.63) is 34.2 Å². The minimum atomic E-state index is -0.385. The van der Waals surface area contributed by atoms with Gasteiger partial charge in [-0.25, -0.2) is 15.1 Å². The predicted molar refractivity (Wildman–Crippen MR) is 92.2 cm³/mol. The largest absolute Gasteiger partial charge is 0.350 e. The maximum absolute atomic E-state index is 12.3. The van der Waals surface area contributed by atoms with E-state index in [0.29, 0.717) is 17.7 Å². The van der Waals surface area contributed by atoms with Crippen LogP contribution in [0.15, 0.2) is 23.0 Å². The van der Waals surface area contributed by atoms with Crippen LogP contribution in [0.3, 0.4) is 0 Å². The zero-order chi connectivity index (χ0) is 17.2. The van der Waals surface area contributed by atoms with Crippen LogP contribution >= 0.6 is 0 Å². The Morgan fingerprint density at radius 1 is 1.20 bits per heavy atom. The zero-order valence-corrected chi connectivity index (χ0v) is 14.1. The normalized spacial score (nSPS) is 21.7. The van der Waals surface area contributed by atoms with Gasteiger partial charge in [-0.3, -0.25) is 9.36 Å². The highest BCUT2D eigenvalue weighted by atomic mass is 16.8. The highest BCUT2D eigenvalue weighted by Gasteiger charge is 2.22. The fraction of sp³-hybridized carbons (Fsp3) is 0.556. The molecule has 2 aromatic rings. The molecule has 2 heterocycles. The first-order valence-electron chi connectivity index (χ1n) is 9.04. The van der Waals surface area contributed by atoms with Crippen molar-refractivity contribution < 1.29 is 14.4 Å². The van der Waals surface area contributed by atoms with Gasteiger partial charge in [-0.1, -0.05) is 12.8 Å². The van der Waals surface area contributed by atoms with Crippen LogP contribution in [0.2, 0.25) is 0 Å². The van der Waals surface area contributed by atoms with E-state index in [9.17, 15) is 9.59 Å². The van der Waals surface area contributed by atoms with Crippen LogP contribution in [0.1, 0.15) is 61.3 Å². The quantitative estimate of drug-likeness (QED) is 0.834. The lowest BCUT2D eigenvalue weighted by Gasteiger charge is -2.22. The van der Waals surface area contributed by atoms with Gasteiger partial charge in [0.1, 0.15) is 0 Å². The number of carbonyl (C=O) groups excluding carboxylic acids is 1. The zero-order valence-electron chi connectivity index (χ0n) is 14.1. The van der Waals surface area contributed by atoms with E-state index in [4.69, 9.17) is 9.57 Å². The molecule has 1 amide bonds. The van der Waals surface area contributed by atoms with Gasteiger partial charge >= 0.3 is 5.69 Å². The van der Waals surface area contributed by atoms with E-state index in [0.717, 1.165) is 50.5 Å². The van der Waals surface area contributed by atoms with E-state index in [2.05, 4.69) is 10.5 Å². The molecule has 25 heavy (non-hydrogen) atoms. The number of hydrogen-bond acceptors (Lipinski definition) is 4. The Labute approximate surface area is 145 Å². The predicted octanol–water partition coefficient (Wildman–Crippen LogP) is 2.63. The van der Waals surface area contributed by atoms with Crippen molar-refractivity contribution in [2.75, 3.05) is 6.61 Å². The van der Waals surface area contributed by atoms with Crippen molar-refractivity contribution in [2.45, 2.75) is 57.3 Å². The number of rotatable bonds is 4. The lowest BCUT2D eigenvalue weighted by Crippen LogP contribution is -2.33. The number of fused-ring (bicyclic) bond motifs is 1. The molecule has 1 atom stereocenters. The second-order valence-corrected chi connectivity index (χ2v) is 6.82. The summed E-state index contributed by atoms with van der Waals surface area (Å²) in [6, 6.07) is 5.51. The number of aromatic amines is 1. The number of hydrogen-bond donors (Lipinski definition) is 2. The fourth-order valence-corrected chi connectivity index (χ4v) is 3.78. The average Bonchev–Trinajstić information content (AvgIpc) is 3.26. The maximum atomic E-state index is 12.3. The third kappa shape index (κ3) is 3.34. The number of aromatic nitrogens is 2. The molecule has 4 rings (SSSR count). The van der Waals surface area contributed by atoms with Gasteiger partial charge in [0.05, 0.1) is 11.0 Å². The Kier molecular flexibility index (Phi) is 4.59. The molecule has 1 saturated heterocycles. The van der Waals surface area contributed by atoms with Gasteiger partial charge in [0, 0.05) is 24.6 Å². The Hall–Kier alpha value is -2.12. The molecule has 1 aliphatic carbocycles. The van der Waals surface area contributed by atoms with E-state index < -0.39 is 0 Å². The first-order valence-corrected chi connectivity index (χ1v) is 9.04. The van der Waals surface area contributed by atoms with Crippen LogP contribution in [-0.4, -0.2) is 28.4 Å². The van der Waals surface area contributed by atoms with Crippen molar-refractivity contribution in [1.29, 1.82) is 0 Å². The van der Waals surface area contributed by atoms with E-state index in [-0.39, 0.29) is 23.9 Å². The van der Waals surface area contributed by atoms with Crippen molar-refractivity contribution >= 4 is 16.9 Å². The molecule has 0 bridgehead atoms. The SMILES string of the molecule is O=C(NOC1CCCCO1)c1ccc2c(c1)[nH]c(=O)n2C1CCCC1. The van der Waals surface area contributed by atoms with Crippen LogP contribution in [0.5, 0.6) is 0 Å². The molecule has 0 radical (unpaired) electrons. The molecule has 134 valence electrons. The number of hydroxylamine groups is 1. The summed E-state index contributed by atoms with van der Waals surface area (Å²) in [7, 11) is 0. The van der Waals surface area contributed by atoms with Gasteiger partial charge in [0.15, 0.2) is 6.29 Å². The summed E-state index contributed by atoms with van der Waals surface area (Å²) in [5.74, 6) is -0.342. The van der Waals surface area contributed by atoms with Gasteiger partial charge in [0.25, 0.3) is 5.91 Å². The first kappa shape index (κ1) is 16.4. The molecule has 1 aromatic carbocycles. The van der Waals surface area contributed by atoms with Gasteiger partial charge in [-0.2, -0.15) is 0 Å². The topological polar surface area (TPSA) is 85.3 Å². The third-order valence-corrected chi connectivity index (χ3v) is 5.09. The monoisotopic (exact) mass is 345 g/mol. The van der Waals surface area contributed by atoms with E-state index in [1.807, 2.05) is 10.6 Å². The number of ether oxygens (including phenoxy) is 1. The second-order valence-electron chi connectivity index (χ2n) is 6.82. The summed E-state index contributed by atoms with van der Waals surface area (Å²) < 4.78 is 7.25. The highest BCUT2D eigenvalue weighted by Crippen LogP contribution is 2.30. The van der Waals surface area contributed by atoms with Crippen LogP contribution in [0, 0.1) is 0 Å². The molecule has 1 aliphatic heterocycles. The van der Waals surface area contributed by atoms with E-state index in [1.54, 1.807) is 12.1 Å². The highest BCUT2D eigenvalue weighted by molar-refractivity contribution is 5.96. The maximum Gasteiger partial charge on any atom is 0.326 e. The van der Waals surface area contributed by atoms with Crippen molar-refractivity contribution in [3.8, 4) is 0 Å². The molecular formula is C18H23N3O4. The fourth-order valence-electron chi connectivity index (χ4n) is 3.78. The first-order chi connectivity index (χ1) is 12.2.